The average molecular weight is 266 g/mol. The number of benzene rings is 1. The van der Waals surface area contributed by atoms with E-state index in [9.17, 15) is 0 Å². The lowest BCUT2D eigenvalue weighted by molar-refractivity contribution is 0.188. The molecule has 18 heavy (non-hydrogen) atoms. The zero-order valence-electron chi connectivity index (χ0n) is 10.5. The van der Waals surface area contributed by atoms with Crippen LogP contribution in [0.15, 0.2) is 18.2 Å². The largest absolute Gasteiger partial charge is 0.397 e. The van der Waals surface area contributed by atoms with Crippen molar-refractivity contribution >= 4 is 23.0 Å². The Morgan fingerprint density at radius 3 is 3.00 bits per heavy atom. The summed E-state index contributed by atoms with van der Waals surface area (Å²) in [5.74, 6) is 0. The lowest BCUT2D eigenvalue weighted by Crippen LogP contribution is -2.42. The highest BCUT2D eigenvalue weighted by molar-refractivity contribution is 6.31. The van der Waals surface area contributed by atoms with E-state index < -0.39 is 0 Å². The maximum absolute atomic E-state index is 5.99. The molecule has 0 bridgehead atoms. The van der Waals surface area contributed by atoms with Crippen LogP contribution in [-0.4, -0.2) is 30.1 Å². The summed E-state index contributed by atoms with van der Waals surface area (Å²) >= 11 is 5.92. The minimum absolute atomic E-state index is 0.549. The molecule has 1 aromatic carbocycles. The van der Waals surface area contributed by atoms with E-state index in [1.165, 1.54) is 38.8 Å². The molecular formula is C14H20ClN3. The summed E-state index contributed by atoms with van der Waals surface area (Å²) in [4.78, 5) is 2.63. The third-order valence-corrected chi connectivity index (χ3v) is 4.43. The van der Waals surface area contributed by atoms with Gasteiger partial charge < -0.3 is 16.0 Å². The summed E-state index contributed by atoms with van der Waals surface area (Å²) in [5.41, 5.74) is 7.76. The first-order valence-corrected chi connectivity index (χ1v) is 7.16. The van der Waals surface area contributed by atoms with E-state index >= 15 is 0 Å². The maximum Gasteiger partial charge on any atom is 0.0577 e. The molecule has 98 valence electrons. The first kappa shape index (κ1) is 12.1. The molecule has 3 rings (SSSR count). The normalized spacial score (nSPS) is 28.1. The number of anilines is 2. The van der Waals surface area contributed by atoms with Gasteiger partial charge in [0.2, 0.25) is 0 Å². The number of halogens is 1. The van der Waals surface area contributed by atoms with Crippen molar-refractivity contribution in [1.29, 1.82) is 0 Å². The summed E-state index contributed by atoms with van der Waals surface area (Å²) in [7, 11) is 0. The zero-order valence-corrected chi connectivity index (χ0v) is 11.3. The van der Waals surface area contributed by atoms with Gasteiger partial charge in [0.05, 0.1) is 11.4 Å². The molecule has 0 amide bonds. The van der Waals surface area contributed by atoms with Gasteiger partial charge in [0.25, 0.3) is 0 Å². The Morgan fingerprint density at radius 1 is 1.28 bits per heavy atom. The molecule has 3 nitrogen and oxygen atoms in total. The van der Waals surface area contributed by atoms with E-state index in [0.717, 1.165) is 17.4 Å². The minimum Gasteiger partial charge on any atom is -0.397 e. The van der Waals surface area contributed by atoms with Crippen molar-refractivity contribution in [2.75, 3.05) is 24.1 Å². The highest BCUT2D eigenvalue weighted by Crippen LogP contribution is 2.30. The van der Waals surface area contributed by atoms with E-state index in [2.05, 4.69) is 10.2 Å². The standard InChI is InChI=1S/C14H20ClN3/c15-10-3-4-14(13(16)8-10)17-11-5-7-18-6-1-2-12(18)9-11/h3-4,8,11-12,17H,1-2,5-7,9,16H2. The van der Waals surface area contributed by atoms with Crippen LogP contribution in [-0.2, 0) is 0 Å². The first-order valence-electron chi connectivity index (χ1n) is 6.78. The average Bonchev–Trinajstić information content (AvgIpc) is 2.80. The number of piperidine rings is 1. The van der Waals surface area contributed by atoms with Crippen LogP contribution in [0, 0.1) is 0 Å². The number of nitrogen functional groups attached to an aromatic ring is 1. The van der Waals surface area contributed by atoms with Crippen LogP contribution >= 0.6 is 11.6 Å². The van der Waals surface area contributed by atoms with Crippen LogP contribution in [0.25, 0.3) is 0 Å². The van der Waals surface area contributed by atoms with Crippen LogP contribution in [0.1, 0.15) is 25.7 Å². The maximum atomic E-state index is 5.99. The van der Waals surface area contributed by atoms with Gasteiger partial charge in [-0.25, -0.2) is 0 Å². The minimum atomic E-state index is 0.549. The molecule has 2 saturated heterocycles. The van der Waals surface area contributed by atoms with Gasteiger partial charge in [-0.2, -0.15) is 0 Å². The smallest absolute Gasteiger partial charge is 0.0577 e. The Hall–Kier alpha value is -0.930. The Balaban J connectivity index is 1.66. The highest BCUT2D eigenvalue weighted by Gasteiger charge is 2.31. The number of hydrogen-bond donors (Lipinski definition) is 2. The number of hydrogen-bond acceptors (Lipinski definition) is 3. The molecular weight excluding hydrogens is 246 g/mol. The predicted octanol–water partition coefficient (Wildman–Crippen LogP) is 2.96. The number of rotatable bonds is 2. The molecule has 0 aliphatic carbocycles. The molecule has 0 saturated carbocycles. The van der Waals surface area contributed by atoms with Crippen molar-refractivity contribution in [2.24, 2.45) is 0 Å². The van der Waals surface area contributed by atoms with Crippen molar-refractivity contribution in [3.8, 4) is 0 Å². The van der Waals surface area contributed by atoms with Gasteiger partial charge >= 0.3 is 0 Å². The summed E-state index contributed by atoms with van der Waals surface area (Å²) in [6, 6.07) is 7.02. The van der Waals surface area contributed by atoms with Crippen LogP contribution in [0.2, 0.25) is 5.02 Å². The number of fused-ring (bicyclic) bond motifs is 1. The van der Waals surface area contributed by atoms with Crippen molar-refractivity contribution < 1.29 is 0 Å². The number of nitrogens with two attached hydrogens (primary N) is 1. The monoisotopic (exact) mass is 265 g/mol. The molecule has 2 aliphatic rings. The van der Waals surface area contributed by atoms with Gasteiger partial charge in [-0.05, 0) is 50.4 Å². The second-order valence-corrected chi connectivity index (χ2v) is 5.87. The van der Waals surface area contributed by atoms with Crippen LogP contribution in [0.3, 0.4) is 0 Å². The molecule has 0 aromatic heterocycles. The number of nitrogens with zero attached hydrogens (tertiary/aromatic N) is 1. The van der Waals surface area contributed by atoms with E-state index in [0.29, 0.717) is 11.1 Å². The lowest BCUT2D eigenvalue weighted by atomic mass is 9.97. The van der Waals surface area contributed by atoms with Crippen molar-refractivity contribution in [2.45, 2.75) is 37.8 Å². The van der Waals surface area contributed by atoms with E-state index in [-0.39, 0.29) is 0 Å². The van der Waals surface area contributed by atoms with Gasteiger partial charge in [0.15, 0.2) is 0 Å². The Bertz CT molecular complexity index is 435. The van der Waals surface area contributed by atoms with Crippen molar-refractivity contribution in [3.05, 3.63) is 23.2 Å². The summed E-state index contributed by atoms with van der Waals surface area (Å²) in [6.07, 6.45) is 5.16. The first-order chi connectivity index (χ1) is 8.72. The molecule has 1 aromatic rings. The topological polar surface area (TPSA) is 41.3 Å². The second kappa shape index (κ2) is 4.98. The zero-order chi connectivity index (χ0) is 12.5. The summed E-state index contributed by atoms with van der Waals surface area (Å²) < 4.78 is 0. The summed E-state index contributed by atoms with van der Waals surface area (Å²) in [6.45, 7) is 2.51. The lowest BCUT2D eigenvalue weighted by Gasteiger charge is -2.35. The van der Waals surface area contributed by atoms with Gasteiger partial charge in [0, 0.05) is 23.7 Å². The van der Waals surface area contributed by atoms with Gasteiger partial charge in [-0.3, -0.25) is 0 Å². The SMILES string of the molecule is Nc1cc(Cl)ccc1NC1CCN2CCCC2C1. The fourth-order valence-electron chi connectivity index (χ4n) is 3.24. The van der Waals surface area contributed by atoms with E-state index in [4.69, 9.17) is 17.3 Å². The number of nitrogens with one attached hydrogen (secondary N) is 1. The molecule has 3 N–H and O–H groups in total. The molecule has 2 unspecified atom stereocenters. The Morgan fingerprint density at radius 2 is 2.17 bits per heavy atom. The van der Waals surface area contributed by atoms with Gasteiger partial charge in [0.1, 0.15) is 0 Å². The predicted molar refractivity (Wildman–Crippen MR) is 77.1 cm³/mol. The molecule has 2 heterocycles. The quantitative estimate of drug-likeness (QED) is 0.808. The molecule has 0 spiro atoms. The fourth-order valence-corrected chi connectivity index (χ4v) is 3.42. The van der Waals surface area contributed by atoms with Crippen molar-refractivity contribution in [1.82, 2.24) is 4.90 Å². The molecule has 4 heteroatoms. The summed E-state index contributed by atoms with van der Waals surface area (Å²) in [5, 5.41) is 4.28. The molecule has 2 atom stereocenters. The van der Waals surface area contributed by atoms with E-state index in [1.54, 1.807) is 0 Å². The van der Waals surface area contributed by atoms with Crippen LogP contribution < -0.4 is 11.1 Å². The third kappa shape index (κ3) is 2.43. The molecule has 0 radical (unpaired) electrons. The second-order valence-electron chi connectivity index (χ2n) is 5.43. The van der Waals surface area contributed by atoms with Gasteiger partial charge in [-0.1, -0.05) is 11.6 Å². The Labute approximate surface area is 113 Å². The van der Waals surface area contributed by atoms with Gasteiger partial charge in [-0.15, -0.1) is 0 Å². The molecule has 2 aliphatic heterocycles. The van der Waals surface area contributed by atoms with E-state index in [1.807, 2.05) is 18.2 Å². The molecule has 2 fully saturated rings. The van der Waals surface area contributed by atoms with Crippen LogP contribution in [0.4, 0.5) is 11.4 Å². The van der Waals surface area contributed by atoms with Crippen molar-refractivity contribution in [3.63, 3.8) is 0 Å². The highest BCUT2D eigenvalue weighted by atomic mass is 35.5. The fraction of sp³-hybridized carbons (Fsp3) is 0.571. The third-order valence-electron chi connectivity index (χ3n) is 4.19. The van der Waals surface area contributed by atoms with Crippen LogP contribution in [0.5, 0.6) is 0 Å². The Kier molecular flexibility index (Phi) is 3.35.